The van der Waals surface area contributed by atoms with Crippen molar-refractivity contribution >= 4 is 39.3 Å². The van der Waals surface area contributed by atoms with Crippen molar-refractivity contribution in [2.45, 2.75) is 6.42 Å². The second kappa shape index (κ2) is 7.85. The van der Waals surface area contributed by atoms with Crippen molar-refractivity contribution < 1.29 is 0 Å². The van der Waals surface area contributed by atoms with Gasteiger partial charge in [0.1, 0.15) is 0 Å². The Balaban J connectivity index is 1.77. The lowest BCUT2D eigenvalue weighted by molar-refractivity contribution is 1.41. The average Bonchev–Trinajstić information content (AvgIpc) is 3.25. The van der Waals surface area contributed by atoms with Crippen LogP contribution in [0.4, 0.5) is 0 Å². The molecule has 0 unspecified atom stereocenters. The summed E-state index contributed by atoms with van der Waals surface area (Å²) in [5.74, 6) is 0. The fraction of sp³-hybridized carbons (Fsp3) is 0.0312. The molecule has 6 rings (SSSR count). The molecule has 0 heterocycles. The molecule has 0 bridgehead atoms. The highest BCUT2D eigenvalue weighted by Gasteiger charge is 2.18. The Hall–Kier alpha value is -4.12. The molecule has 0 aliphatic heterocycles. The molecule has 2 aliphatic rings. The predicted molar refractivity (Wildman–Crippen MR) is 139 cm³/mol. The fourth-order valence-corrected chi connectivity index (χ4v) is 4.95. The van der Waals surface area contributed by atoms with Crippen LogP contribution in [0.25, 0.3) is 50.4 Å². The van der Waals surface area contributed by atoms with E-state index in [1.165, 1.54) is 54.9 Å². The van der Waals surface area contributed by atoms with Crippen molar-refractivity contribution in [2.24, 2.45) is 0 Å². The maximum Gasteiger partial charge on any atom is -0.00201 e. The van der Waals surface area contributed by atoms with Gasteiger partial charge in [-0.25, -0.2) is 0 Å². The van der Waals surface area contributed by atoms with Crippen molar-refractivity contribution in [1.29, 1.82) is 0 Å². The maximum atomic E-state index is 3.26. The van der Waals surface area contributed by atoms with Crippen LogP contribution in [0.1, 0.15) is 23.1 Å². The van der Waals surface area contributed by atoms with E-state index < -0.39 is 0 Å². The molecule has 0 atom stereocenters. The molecular weight excluding hydrogens is 384 g/mol. The molecule has 0 N–H and O–H groups in total. The molecule has 0 radical (unpaired) electrons. The summed E-state index contributed by atoms with van der Waals surface area (Å²) in [6.07, 6.45) is 20.4. The van der Waals surface area contributed by atoms with E-state index in [9.17, 15) is 0 Å². The highest BCUT2D eigenvalue weighted by atomic mass is 14.2. The van der Waals surface area contributed by atoms with Crippen molar-refractivity contribution in [3.8, 4) is 11.1 Å². The molecule has 0 fully saturated rings. The van der Waals surface area contributed by atoms with Crippen LogP contribution in [0.3, 0.4) is 0 Å². The zero-order valence-electron chi connectivity index (χ0n) is 17.8. The summed E-state index contributed by atoms with van der Waals surface area (Å²) in [6, 6.07) is 24.3. The number of rotatable bonds is 2. The first-order valence-corrected chi connectivity index (χ1v) is 11.1. The van der Waals surface area contributed by atoms with Gasteiger partial charge in [-0.3, -0.25) is 0 Å². The Labute approximate surface area is 188 Å². The van der Waals surface area contributed by atoms with Crippen molar-refractivity contribution in [2.75, 3.05) is 0 Å². The van der Waals surface area contributed by atoms with Crippen LogP contribution in [0.15, 0.2) is 115 Å². The number of hydrogen-bond donors (Lipinski definition) is 0. The van der Waals surface area contributed by atoms with E-state index in [-0.39, 0.29) is 0 Å². The number of benzene rings is 4. The minimum atomic E-state index is 0.947. The molecule has 2 aliphatic carbocycles. The van der Waals surface area contributed by atoms with Gasteiger partial charge in [-0.15, -0.1) is 5.73 Å². The molecule has 0 heteroatoms. The fourth-order valence-electron chi connectivity index (χ4n) is 4.95. The molecule has 0 saturated heterocycles. The quantitative estimate of drug-likeness (QED) is 0.230. The van der Waals surface area contributed by atoms with Gasteiger partial charge in [0, 0.05) is 0 Å². The number of hydrogen-bond acceptors (Lipinski definition) is 0. The number of allylic oxidation sites excluding steroid dienone is 8. The third kappa shape index (κ3) is 3.02. The van der Waals surface area contributed by atoms with Gasteiger partial charge in [0.25, 0.3) is 0 Å². The molecule has 0 saturated carbocycles. The SMILES string of the molecule is C1=CC=Cc2c(cccc2-c2c3ccccc3c(C3=CCC=CC=C3)c3ccccc23)C=1. The van der Waals surface area contributed by atoms with Crippen LogP contribution in [0.2, 0.25) is 0 Å². The third-order valence-corrected chi connectivity index (χ3v) is 6.32. The molecular formula is C32H22. The van der Waals surface area contributed by atoms with Crippen LogP contribution in [0.5, 0.6) is 0 Å². The van der Waals surface area contributed by atoms with Gasteiger partial charge >= 0.3 is 0 Å². The summed E-state index contributed by atoms with van der Waals surface area (Å²) in [4.78, 5) is 0. The van der Waals surface area contributed by atoms with Crippen LogP contribution in [-0.2, 0) is 0 Å². The molecule has 4 aromatic rings. The second-order valence-electron chi connectivity index (χ2n) is 8.17. The van der Waals surface area contributed by atoms with Gasteiger partial charge in [0.05, 0.1) is 0 Å². The van der Waals surface area contributed by atoms with Gasteiger partial charge in [-0.05, 0) is 73.5 Å². The van der Waals surface area contributed by atoms with Gasteiger partial charge in [0.15, 0.2) is 0 Å². The molecule has 0 amide bonds. The Morgan fingerprint density at radius 3 is 2.09 bits per heavy atom. The van der Waals surface area contributed by atoms with Crippen molar-refractivity contribution in [3.63, 3.8) is 0 Å². The van der Waals surface area contributed by atoms with Crippen molar-refractivity contribution in [1.82, 2.24) is 0 Å². The Morgan fingerprint density at radius 1 is 0.625 bits per heavy atom. The number of fused-ring (bicyclic) bond motifs is 3. The van der Waals surface area contributed by atoms with E-state index in [0.717, 1.165) is 6.42 Å². The maximum absolute atomic E-state index is 3.26. The first kappa shape index (κ1) is 18.6. The molecule has 4 aromatic carbocycles. The lowest BCUT2D eigenvalue weighted by Crippen LogP contribution is -1.95. The van der Waals surface area contributed by atoms with E-state index in [4.69, 9.17) is 0 Å². The Morgan fingerprint density at radius 2 is 1.34 bits per heavy atom. The van der Waals surface area contributed by atoms with Crippen LogP contribution in [-0.4, -0.2) is 0 Å². The molecule has 0 nitrogen and oxygen atoms in total. The monoisotopic (exact) mass is 406 g/mol. The largest absolute Gasteiger partial charge is 0.120 e. The minimum absolute atomic E-state index is 0.947. The summed E-state index contributed by atoms with van der Waals surface area (Å²) < 4.78 is 0. The van der Waals surface area contributed by atoms with Gasteiger partial charge in [-0.2, -0.15) is 0 Å². The first-order valence-electron chi connectivity index (χ1n) is 11.1. The Kier molecular flexibility index (Phi) is 4.57. The average molecular weight is 407 g/mol. The molecule has 0 spiro atoms. The summed E-state index contributed by atoms with van der Waals surface area (Å²) in [6.45, 7) is 0. The lowest BCUT2D eigenvalue weighted by atomic mass is 9.83. The van der Waals surface area contributed by atoms with Gasteiger partial charge in [0.2, 0.25) is 0 Å². The zero-order chi connectivity index (χ0) is 21.3. The van der Waals surface area contributed by atoms with Crippen LogP contribution in [0, 0.1) is 0 Å². The predicted octanol–water partition coefficient (Wildman–Crippen LogP) is 8.75. The van der Waals surface area contributed by atoms with E-state index in [1.807, 2.05) is 6.08 Å². The summed E-state index contributed by atoms with van der Waals surface area (Å²) >= 11 is 0. The first-order chi connectivity index (χ1) is 15.9. The van der Waals surface area contributed by atoms with E-state index in [1.54, 1.807) is 0 Å². The van der Waals surface area contributed by atoms with E-state index in [0.29, 0.717) is 0 Å². The van der Waals surface area contributed by atoms with E-state index in [2.05, 4.69) is 121 Å². The molecule has 32 heavy (non-hydrogen) atoms. The smallest absolute Gasteiger partial charge is 0.00201 e. The highest BCUT2D eigenvalue weighted by Crippen LogP contribution is 2.44. The Bertz CT molecular complexity index is 1500. The molecule has 150 valence electrons. The standard InChI is InChI=1S/C32H22/c1-2-5-15-24(14-4-1)31-27-18-8-10-20-29(27)32(30-21-11-9-19-28(30)31)26-22-12-16-23-13-6-3-7-17-25(23)26/h1-4,7-22H,5H2. The second-order valence-corrected chi connectivity index (χ2v) is 8.17. The normalized spacial score (nSPS) is 14.4. The topological polar surface area (TPSA) is 0 Å². The van der Waals surface area contributed by atoms with Crippen molar-refractivity contribution in [3.05, 3.63) is 132 Å². The summed E-state index contributed by atoms with van der Waals surface area (Å²) in [5, 5.41) is 5.16. The lowest BCUT2D eigenvalue weighted by Gasteiger charge is -2.19. The molecule has 0 aromatic heterocycles. The summed E-state index contributed by atoms with van der Waals surface area (Å²) in [7, 11) is 0. The van der Waals surface area contributed by atoms with E-state index >= 15 is 0 Å². The third-order valence-electron chi connectivity index (χ3n) is 6.32. The van der Waals surface area contributed by atoms with Crippen LogP contribution >= 0.6 is 0 Å². The summed E-state index contributed by atoms with van der Waals surface area (Å²) in [5.41, 5.74) is 10.9. The highest BCUT2D eigenvalue weighted by molar-refractivity contribution is 6.20. The van der Waals surface area contributed by atoms with Crippen LogP contribution < -0.4 is 0 Å². The van der Waals surface area contributed by atoms with Gasteiger partial charge < -0.3 is 0 Å². The zero-order valence-corrected chi connectivity index (χ0v) is 17.8. The van der Waals surface area contributed by atoms with Gasteiger partial charge in [-0.1, -0.05) is 109 Å². The minimum Gasteiger partial charge on any atom is -0.120 e.